The van der Waals surface area contributed by atoms with E-state index < -0.39 is 0 Å². The van der Waals surface area contributed by atoms with Gasteiger partial charge in [-0.15, -0.1) is 0 Å². The molecule has 15 heavy (non-hydrogen) atoms. The molecular weight excluding hydrogens is 248 g/mol. The molecule has 2 aliphatic carbocycles. The van der Waals surface area contributed by atoms with Crippen LogP contribution in [0.25, 0.3) is 0 Å². The highest BCUT2D eigenvalue weighted by Crippen LogP contribution is 2.51. The van der Waals surface area contributed by atoms with Crippen LogP contribution in [0.2, 0.25) is 0 Å². The first kappa shape index (κ1) is 12.0. The van der Waals surface area contributed by atoms with Crippen LogP contribution in [0.4, 0.5) is 0 Å². The van der Waals surface area contributed by atoms with Crippen molar-refractivity contribution in [2.24, 2.45) is 10.8 Å². The molecule has 1 heteroatoms. The molecule has 88 valence electrons. The average molecular weight is 273 g/mol. The molecule has 0 saturated heterocycles. The quantitative estimate of drug-likeness (QED) is 0.612. The van der Waals surface area contributed by atoms with Crippen molar-refractivity contribution in [3.05, 3.63) is 0 Å². The Morgan fingerprint density at radius 1 is 0.867 bits per heavy atom. The fourth-order valence-electron chi connectivity index (χ4n) is 3.97. The van der Waals surface area contributed by atoms with Gasteiger partial charge in [0.25, 0.3) is 0 Å². The molecule has 0 aliphatic heterocycles. The van der Waals surface area contributed by atoms with E-state index in [9.17, 15) is 0 Å². The summed E-state index contributed by atoms with van der Waals surface area (Å²) in [6, 6.07) is 0. The third-order valence-corrected chi connectivity index (χ3v) is 6.00. The maximum Gasteiger partial charge on any atom is 0.00881 e. The second kappa shape index (κ2) is 4.77. The van der Waals surface area contributed by atoms with E-state index in [0.717, 1.165) is 0 Å². The highest BCUT2D eigenvalue weighted by molar-refractivity contribution is 9.09. The van der Waals surface area contributed by atoms with Gasteiger partial charge in [0.05, 0.1) is 0 Å². The summed E-state index contributed by atoms with van der Waals surface area (Å²) in [7, 11) is 0. The number of halogens is 1. The fourth-order valence-corrected chi connectivity index (χ4v) is 4.73. The molecule has 0 aromatic rings. The third kappa shape index (κ3) is 2.78. The lowest BCUT2D eigenvalue weighted by Gasteiger charge is -2.42. The minimum atomic E-state index is 0.664. The van der Waals surface area contributed by atoms with Crippen molar-refractivity contribution in [1.82, 2.24) is 0 Å². The zero-order chi connectivity index (χ0) is 10.8. The molecule has 0 bridgehead atoms. The van der Waals surface area contributed by atoms with Crippen LogP contribution >= 0.6 is 15.9 Å². The Morgan fingerprint density at radius 3 is 1.93 bits per heavy atom. The summed E-state index contributed by atoms with van der Waals surface area (Å²) in [4.78, 5) is 0. The van der Waals surface area contributed by atoms with E-state index in [1.165, 1.54) is 69.5 Å². The second-order valence-corrected chi connectivity index (χ2v) is 6.95. The maximum atomic E-state index is 3.80. The Bertz CT molecular complexity index is 197. The summed E-state index contributed by atoms with van der Waals surface area (Å²) in [5, 5.41) is 1.25. The largest absolute Gasteiger partial charge is 0.0922 e. The van der Waals surface area contributed by atoms with Crippen LogP contribution in [-0.4, -0.2) is 5.33 Å². The van der Waals surface area contributed by atoms with Crippen molar-refractivity contribution in [2.45, 2.75) is 71.1 Å². The van der Waals surface area contributed by atoms with Crippen molar-refractivity contribution in [2.75, 3.05) is 5.33 Å². The molecule has 2 fully saturated rings. The summed E-state index contributed by atoms with van der Waals surface area (Å²) in [6.07, 6.45) is 14.8. The molecule has 0 aromatic heterocycles. The number of hydrogen-bond donors (Lipinski definition) is 0. The molecule has 0 amide bonds. The molecule has 2 saturated carbocycles. The Hall–Kier alpha value is 0.480. The summed E-state index contributed by atoms with van der Waals surface area (Å²) >= 11 is 3.80. The predicted octanol–water partition coefficient (Wildman–Crippen LogP) is 5.30. The van der Waals surface area contributed by atoms with Crippen molar-refractivity contribution in [3.8, 4) is 0 Å². The van der Waals surface area contributed by atoms with E-state index in [4.69, 9.17) is 0 Å². The van der Waals surface area contributed by atoms with E-state index in [1.807, 2.05) is 0 Å². The van der Waals surface area contributed by atoms with Crippen LogP contribution in [0, 0.1) is 10.8 Å². The van der Waals surface area contributed by atoms with Crippen LogP contribution in [0.3, 0.4) is 0 Å². The highest BCUT2D eigenvalue weighted by Gasteiger charge is 2.39. The van der Waals surface area contributed by atoms with E-state index in [-0.39, 0.29) is 0 Å². The Balaban J connectivity index is 1.99. The van der Waals surface area contributed by atoms with E-state index in [1.54, 1.807) is 0 Å². The highest BCUT2D eigenvalue weighted by atomic mass is 79.9. The molecule has 0 unspecified atom stereocenters. The Morgan fingerprint density at radius 2 is 1.40 bits per heavy atom. The van der Waals surface area contributed by atoms with Gasteiger partial charge in [0, 0.05) is 5.33 Å². The number of rotatable bonds is 3. The Labute approximate surface area is 103 Å². The molecule has 0 atom stereocenters. The normalized spacial score (nSPS) is 29.2. The molecule has 0 heterocycles. The van der Waals surface area contributed by atoms with Crippen LogP contribution in [0.1, 0.15) is 71.1 Å². The standard InChI is InChI=1S/C14H25Br/c1-13(7-5-6-8-13)11-14(12-15)9-3-2-4-10-14/h2-12H2,1H3. The van der Waals surface area contributed by atoms with E-state index >= 15 is 0 Å². The van der Waals surface area contributed by atoms with Gasteiger partial charge in [0.1, 0.15) is 0 Å². The molecule has 0 aromatic carbocycles. The van der Waals surface area contributed by atoms with Gasteiger partial charge in [-0.25, -0.2) is 0 Å². The number of alkyl halides is 1. The van der Waals surface area contributed by atoms with Gasteiger partial charge in [0.2, 0.25) is 0 Å². The van der Waals surface area contributed by atoms with E-state index in [2.05, 4.69) is 22.9 Å². The van der Waals surface area contributed by atoms with Crippen LogP contribution in [0.15, 0.2) is 0 Å². The van der Waals surface area contributed by atoms with Crippen LogP contribution < -0.4 is 0 Å². The van der Waals surface area contributed by atoms with Crippen LogP contribution in [0.5, 0.6) is 0 Å². The molecule has 0 spiro atoms. The molecular formula is C14H25Br. The summed E-state index contributed by atoms with van der Waals surface area (Å²) in [6.45, 7) is 2.54. The lowest BCUT2D eigenvalue weighted by atomic mass is 9.65. The third-order valence-electron chi connectivity index (χ3n) is 4.81. The van der Waals surface area contributed by atoms with Gasteiger partial charge in [-0.05, 0) is 42.9 Å². The molecule has 0 N–H and O–H groups in total. The molecule has 0 radical (unpaired) electrons. The Kier molecular flexibility index (Phi) is 3.80. The average Bonchev–Trinajstić information content (AvgIpc) is 2.66. The minimum Gasteiger partial charge on any atom is -0.0922 e. The monoisotopic (exact) mass is 272 g/mol. The lowest BCUT2D eigenvalue weighted by Crippen LogP contribution is -2.32. The molecule has 2 aliphatic rings. The SMILES string of the molecule is CC1(CC2(CBr)CCCCC2)CCCC1. The van der Waals surface area contributed by atoms with Gasteiger partial charge in [-0.2, -0.15) is 0 Å². The second-order valence-electron chi connectivity index (χ2n) is 6.39. The van der Waals surface area contributed by atoms with Crippen molar-refractivity contribution < 1.29 is 0 Å². The fraction of sp³-hybridized carbons (Fsp3) is 1.00. The van der Waals surface area contributed by atoms with Crippen molar-refractivity contribution in [1.29, 1.82) is 0 Å². The zero-order valence-electron chi connectivity index (χ0n) is 10.2. The van der Waals surface area contributed by atoms with Crippen molar-refractivity contribution >= 4 is 15.9 Å². The molecule has 0 nitrogen and oxygen atoms in total. The van der Waals surface area contributed by atoms with E-state index in [0.29, 0.717) is 10.8 Å². The first-order chi connectivity index (χ1) is 7.18. The van der Waals surface area contributed by atoms with Gasteiger partial charge >= 0.3 is 0 Å². The summed E-state index contributed by atoms with van der Waals surface area (Å²) in [5.74, 6) is 0. The van der Waals surface area contributed by atoms with Gasteiger partial charge < -0.3 is 0 Å². The smallest absolute Gasteiger partial charge is 0.00881 e. The van der Waals surface area contributed by atoms with Gasteiger partial charge in [-0.3, -0.25) is 0 Å². The predicted molar refractivity (Wildman–Crippen MR) is 70.5 cm³/mol. The van der Waals surface area contributed by atoms with Crippen LogP contribution in [-0.2, 0) is 0 Å². The topological polar surface area (TPSA) is 0 Å². The first-order valence-electron chi connectivity index (χ1n) is 6.74. The molecule has 2 rings (SSSR count). The minimum absolute atomic E-state index is 0.664. The summed E-state index contributed by atoms with van der Waals surface area (Å²) in [5.41, 5.74) is 1.35. The van der Waals surface area contributed by atoms with Crippen molar-refractivity contribution in [3.63, 3.8) is 0 Å². The summed E-state index contributed by atoms with van der Waals surface area (Å²) < 4.78 is 0. The van der Waals surface area contributed by atoms with Gasteiger partial charge in [0.15, 0.2) is 0 Å². The zero-order valence-corrected chi connectivity index (χ0v) is 11.7. The first-order valence-corrected chi connectivity index (χ1v) is 7.86. The lowest BCUT2D eigenvalue weighted by molar-refractivity contribution is 0.122. The maximum absolute atomic E-state index is 3.80. The number of hydrogen-bond acceptors (Lipinski definition) is 0. The van der Waals surface area contributed by atoms with Gasteiger partial charge in [-0.1, -0.05) is 55.0 Å².